The summed E-state index contributed by atoms with van der Waals surface area (Å²) >= 11 is 0. The van der Waals surface area contributed by atoms with Gasteiger partial charge in [-0.3, -0.25) is 4.79 Å². The van der Waals surface area contributed by atoms with Crippen molar-refractivity contribution in [3.8, 4) is 5.75 Å². The Morgan fingerprint density at radius 3 is 2.64 bits per heavy atom. The number of nitrogens with one attached hydrogen (secondary N) is 2. The van der Waals surface area contributed by atoms with E-state index >= 15 is 0 Å². The van der Waals surface area contributed by atoms with Crippen LogP contribution in [0.25, 0.3) is 0 Å². The van der Waals surface area contributed by atoms with Crippen LogP contribution in [0.2, 0.25) is 0 Å². The molecule has 0 aromatic heterocycles. The van der Waals surface area contributed by atoms with Gasteiger partial charge in [0.1, 0.15) is 12.4 Å². The second-order valence-electron chi connectivity index (χ2n) is 6.67. The Balaban J connectivity index is 1.51. The number of carbonyl (C=O) groups excluding carboxylic acids is 1. The van der Waals surface area contributed by atoms with E-state index in [1.807, 2.05) is 54.6 Å². The molecule has 0 radical (unpaired) electrons. The molecule has 3 rings (SSSR count). The average molecular weight is 338 g/mol. The van der Waals surface area contributed by atoms with Gasteiger partial charge in [-0.15, -0.1) is 0 Å². The predicted molar refractivity (Wildman–Crippen MR) is 99.7 cm³/mol. The molecular weight excluding hydrogens is 312 g/mol. The van der Waals surface area contributed by atoms with Crippen molar-refractivity contribution in [3.05, 3.63) is 65.7 Å². The first-order valence-corrected chi connectivity index (χ1v) is 9.01. The molecule has 0 bridgehead atoms. The third-order valence-electron chi connectivity index (χ3n) is 4.77. The van der Waals surface area contributed by atoms with Crippen LogP contribution in [0.4, 0.5) is 0 Å². The lowest BCUT2D eigenvalue weighted by molar-refractivity contribution is 0.0922. The Bertz CT molecular complexity index is 664. The van der Waals surface area contributed by atoms with Crippen LogP contribution in [0.3, 0.4) is 0 Å². The molecule has 1 saturated heterocycles. The number of carbonyl (C=O) groups is 1. The largest absolute Gasteiger partial charge is 0.489 e. The number of piperidine rings is 1. The molecule has 2 unspecified atom stereocenters. The van der Waals surface area contributed by atoms with Gasteiger partial charge in [0.2, 0.25) is 0 Å². The van der Waals surface area contributed by atoms with Crippen LogP contribution in [0.5, 0.6) is 5.75 Å². The Morgan fingerprint density at radius 2 is 1.96 bits per heavy atom. The molecule has 4 nitrogen and oxygen atoms in total. The van der Waals surface area contributed by atoms with Crippen LogP contribution >= 0.6 is 0 Å². The Kier molecular flexibility index (Phi) is 6.07. The van der Waals surface area contributed by atoms with E-state index in [9.17, 15) is 4.79 Å². The summed E-state index contributed by atoms with van der Waals surface area (Å²) in [7, 11) is 0. The summed E-state index contributed by atoms with van der Waals surface area (Å²) in [6, 6.07) is 17.6. The number of ether oxygens (including phenoxy) is 1. The summed E-state index contributed by atoms with van der Waals surface area (Å²) in [5.41, 5.74) is 1.79. The first-order chi connectivity index (χ1) is 12.2. The number of amides is 1. The quantitative estimate of drug-likeness (QED) is 0.849. The Morgan fingerprint density at radius 1 is 1.20 bits per heavy atom. The van der Waals surface area contributed by atoms with Gasteiger partial charge in [-0.25, -0.2) is 0 Å². The maximum absolute atomic E-state index is 12.4. The zero-order valence-corrected chi connectivity index (χ0v) is 14.7. The lowest BCUT2D eigenvalue weighted by Gasteiger charge is -2.28. The van der Waals surface area contributed by atoms with Crippen molar-refractivity contribution in [2.45, 2.75) is 32.4 Å². The Labute approximate surface area is 149 Å². The van der Waals surface area contributed by atoms with Crippen molar-refractivity contribution >= 4 is 5.91 Å². The van der Waals surface area contributed by atoms with Gasteiger partial charge in [-0.2, -0.15) is 0 Å². The molecule has 2 aromatic carbocycles. The zero-order chi connectivity index (χ0) is 17.5. The molecule has 0 saturated carbocycles. The van der Waals surface area contributed by atoms with E-state index in [0.29, 0.717) is 18.1 Å². The first kappa shape index (κ1) is 17.5. The molecule has 1 aliphatic heterocycles. The molecule has 25 heavy (non-hydrogen) atoms. The predicted octanol–water partition coefficient (Wildman–Crippen LogP) is 3.38. The van der Waals surface area contributed by atoms with Crippen molar-refractivity contribution in [2.24, 2.45) is 5.92 Å². The van der Waals surface area contributed by atoms with Gasteiger partial charge < -0.3 is 15.4 Å². The molecule has 0 spiro atoms. The molecule has 2 atom stereocenters. The molecule has 1 fully saturated rings. The lowest BCUT2D eigenvalue weighted by atomic mass is 9.92. The first-order valence-electron chi connectivity index (χ1n) is 9.01. The molecule has 2 aromatic rings. The number of hydrogen-bond acceptors (Lipinski definition) is 3. The van der Waals surface area contributed by atoms with E-state index < -0.39 is 0 Å². The van der Waals surface area contributed by atoms with Gasteiger partial charge in [-0.05, 0) is 68.6 Å². The van der Waals surface area contributed by atoms with E-state index in [4.69, 9.17) is 4.74 Å². The summed E-state index contributed by atoms with van der Waals surface area (Å²) in [6.45, 7) is 4.68. The van der Waals surface area contributed by atoms with Gasteiger partial charge in [-0.1, -0.05) is 30.3 Å². The highest BCUT2D eigenvalue weighted by Gasteiger charge is 2.21. The minimum atomic E-state index is -0.0207. The van der Waals surface area contributed by atoms with E-state index in [0.717, 1.165) is 24.4 Å². The van der Waals surface area contributed by atoms with Crippen molar-refractivity contribution in [3.63, 3.8) is 0 Å². The fourth-order valence-electron chi connectivity index (χ4n) is 3.16. The minimum absolute atomic E-state index is 0.0207. The van der Waals surface area contributed by atoms with Crippen LogP contribution < -0.4 is 15.4 Å². The van der Waals surface area contributed by atoms with Crippen LogP contribution in [-0.2, 0) is 6.61 Å². The van der Waals surface area contributed by atoms with Crippen molar-refractivity contribution in [1.82, 2.24) is 10.6 Å². The molecule has 4 heteroatoms. The van der Waals surface area contributed by atoms with Gasteiger partial charge in [0.15, 0.2) is 0 Å². The van der Waals surface area contributed by atoms with E-state index in [1.165, 1.54) is 12.8 Å². The standard InChI is InChI=1S/C21H26N2O2/c1-16(19-8-5-13-22-14-19)23-21(24)18-9-11-20(12-10-18)25-15-17-6-3-2-4-7-17/h2-4,6-7,9-12,16,19,22H,5,8,13-15H2,1H3,(H,23,24). The maximum Gasteiger partial charge on any atom is 0.251 e. The van der Waals surface area contributed by atoms with Crippen molar-refractivity contribution in [2.75, 3.05) is 13.1 Å². The van der Waals surface area contributed by atoms with Crippen LogP contribution in [0.1, 0.15) is 35.7 Å². The minimum Gasteiger partial charge on any atom is -0.489 e. The zero-order valence-electron chi connectivity index (χ0n) is 14.7. The third-order valence-corrected chi connectivity index (χ3v) is 4.77. The van der Waals surface area contributed by atoms with Gasteiger partial charge in [0, 0.05) is 11.6 Å². The summed E-state index contributed by atoms with van der Waals surface area (Å²) in [4.78, 5) is 12.4. The van der Waals surface area contributed by atoms with E-state index in [1.54, 1.807) is 0 Å². The summed E-state index contributed by atoms with van der Waals surface area (Å²) in [5.74, 6) is 1.25. The highest BCUT2D eigenvalue weighted by molar-refractivity contribution is 5.94. The number of benzene rings is 2. The van der Waals surface area contributed by atoms with Crippen molar-refractivity contribution < 1.29 is 9.53 Å². The van der Waals surface area contributed by atoms with Crippen LogP contribution in [-0.4, -0.2) is 25.0 Å². The average Bonchev–Trinajstić information content (AvgIpc) is 2.68. The molecule has 1 amide bonds. The summed E-state index contributed by atoms with van der Waals surface area (Å²) < 4.78 is 5.76. The number of rotatable bonds is 6. The number of hydrogen-bond donors (Lipinski definition) is 2. The highest BCUT2D eigenvalue weighted by atomic mass is 16.5. The second-order valence-corrected chi connectivity index (χ2v) is 6.67. The van der Waals surface area contributed by atoms with Crippen LogP contribution in [0, 0.1) is 5.92 Å². The van der Waals surface area contributed by atoms with Gasteiger partial charge in [0.25, 0.3) is 5.91 Å². The SMILES string of the molecule is CC(NC(=O)c1ccc(OCc2ccccc2)cc1)C1CCCNC1. The topological polar surface area (TPSA) is 50.4 Å². The summed E-state index contributed by atoms with van der Waals surface area (Å²) in [5, 5.41) is 6.52. The van der Waals surface area contributed by atoms with Crippen LogP contribution in [0.15, 0.2) is 54.6 Å². The van der Waals surface area contributed by atoms with Gasteiger partial charge in [0.05, 0.1) is 0 Å². The van der Waals surface area contributed by atoms with Gasteiger partial charge >= 0.3 is 0 Å². The normalized spacial score (nSPS) is 18.4. The third kappa shape index (κ3) is 5.07. The highest BCUT2D eigenvalue weighted by Crippen LogP contribution is 2.17. The fourth-order valence-corrected chi connectivity index (χ4v) is 3.16. The van der Waals surface area contributed by atoms with E-state index in [-0.39, 0.29) is 11.9 Å². The van der Waals surface area contributed by atoms with Crippen molar-refractivity contribution in [1.29, 1.82) is 0 Å². The Hall–Kier alpha value is -2.33. The maximum atomic E-state index is 12.4. The molecule has 0 aliphatic carbocycles. The summed E-state index contributed by atoms with van der Waals surface area (Å²) in [6.07, 6.45) is 2.35. The fraction of sp³-hybridized carbons (Fsp3) is 0.381. The molecule has 132 valence electrons. The smallest absolute Gasteiger partial charge is 0.251 e. The second kappa shape index (κ2) is 8.67. The molecule has 2 N–H and O–H groups in total. The van der Waals surface area contributed by atoms with E-state index in [2.05, 4.69) is 17.6 Å². The lowest BCUT2D eigenvalue weighted by Crippen LogP contribution is -2.44. The molecule has 1 heterocycles. The molecular formula is C21H26N2O2. The monoisotopic (exact) mass is 338 g/mol. The molecule has 1 aliphatic rings.